The molecule has 74 heavy (non-hydrogen) atoms. The number of fused-ring (bicyclic) bond motifs is 15. The first-order valence-electron chi connectivity index (χ1n) is 25.9. The average molecular weight is 999 g/mol. The zero-order valence-electron chi connectivity index (χ0n) is 41.7. The number of hydrogen-bond donors (Lipinski definition) is 0. The molecule has 0 radical (unpaired) electrons. The van der Waals surface area contributed by atoms with Crippen LogP contribution in [0.15, 0.2) is 206 Å². The maximum Gasteiger partial charge on any atom is 0.125 e. The third kappa shape index (κ3) is 6.44. The summed E-state index contributed by atoms with van der Waals surface area (Å²) in [7, 11) is 0. The van der Waals surface area contributed by atoms with Gasteiger partial charge in [0.05, 0.1) is 32.2 Å². The standard InChI is InChI=1S/C68H52F2N2S2/c1-5-41-17-11-23-51-53-25-15-31-61(65(53)73-63(41)51)71(45-21-13-19-43(69)37-45)47-33-35-49-50-36-34-48(40-60(50)68(59(49)39-47)57-29-9-7-27-55(57)67(3,4)56-28-8-10-30-58(56)68)72(46-22-14-20-44(70)38-46)62-32-16-26-54-52-24-12-18-42(6-2)64(52)74-66(54)62/h7-21,23-40,46H,5-6,22H2,1-4H3. The van der Waals surface area contributed by atoms with Crippen molar-refractivity contribution in [2.45, 2.75) is 63.8 Å². The Balaban J connectivity index is 1.05. The quantitative estimate of drug-likeness (QED) is 0.150. The lowest BCUT2D eigenvalue weighted by molar-refractivity contribution is 0.563. The monoisotopic (exact) mass is 998 g/mol. The van der Waals surface area contributed by atoms with Crippen molar-refractivity contribution < 1.29 is 8.78 Å². The molecular weight excluding hydrogens is 947 g/mol. The van der Waals surface area contributed by atoms with E-state index in [4.69, 9.17) is 0 Å². The van der Waals surface area contributed by atoms with Crippen molar-refractivity contribution in [3.63, 3.8) is 0 Å². The van der Waals surface area contributed by atoms with Gasteiger partial charge in [0.2, 0.25) is 0 Å². The molecule has 0 amide bonds. The molecule has 0 saturated heterocycles. The minimum atomic E-state index is -0.772. The smallest absolute Gasteiger partial charge is 0.125 e. The van der Waals surface area contributed by atoms with Crippen molar-refractivity contribution in [2.75, 3.05) is 9.80 Å². The van der Waals surface area contributed by atoms with Crippen molar-refractivity contribution in [2.24, 2.45) is 0 Å². The molecular formula is C68H52F2N2S2. The van der Waals surface area contributed by atoms with E-state index in [1.54, 1.807) is 18.2 Å². The van der Waals surface area contributed by atoms with Crippen LogP contribution in [0.25, 0.3) is 51.5 Å². The second kappa shape index (κ2) is 17.0. The summed E-state index contributed by atoms with van der Waals surface area (Å²) in [5, 5.41) is 4.91. The van der Waals surface area contributed by atoms with Crippen molar-refractivity contribution >= 4 is 91.5 Å². The van der Waals surface area contributed by atoms with Crippen LogP contribution in [-0.4, -0.2) is 6.04 Å². The highest BCUT2D eigenvalue weighted by molar-refractivity contribution is 7.27. The second-order valence-electron chi connectivity index (χ2n) is 20.7. The molecule has 360 valence electrons. The summed E-state index contributed by atoms with van der Waals surface area (Å²) in [4.78, 5) is 4.68. The Morgan fingerprint density at radius 3 is 1.57 bits per heavy atom. The molecule has 14 rings (SSSR count). The average Bonchev–Trinajstić information content (AvgIpc) is 4.28. The van der Waals surface area contributed by atoms with Gasteiger partial charge in [0.25, 0.3) is 0 Å². The topological polar surface area (TPSA) is 6.48 Å². The number of aryl methyl sites for hydroxylation is 2. The van der Waals surface area contributed by atoms with Crippen LogP contribution >= 0.6 is 22.7 Å². The van der Waals surface area contributed by atoms with Crippen molar-refractivity contribution in [1.29, 1.82) is 0 Å². The number of halogens is 2. The minimum Gasteiger partial charge on any atom is -0.333 e. The van der Waals surface area contributed by atoms with E-state index >= 15 is 8.78 Å². The molecule has 1 unspecified atom stereocenters. The van der Waals surface area contributed by atoms with E-state index in [0.29, 0.717) is 6.42 Å². The van der Waals surface area contributed by atoms with Gasteiger partial charge in [-0.25, -0.2) is 8.78 Å². The van der Waals surface area contributed by atoms with E-state index in [2.05, 4.69) is 195 Å². The van der Waals surface area contributed by atoms with Crippen LogP contribution in [0.1, 0.15) is 78.6 Å². The number of hydrogen-bond acceptors (Lipinski definition) is 4. The lowest BCUT2D eigenvalue weighted by Crippen LogP contribution is -2.41. The highest BCUT2D eigenvalue weighted by Crippen LogP contribution is 2.64. The van der Waals surface area contributed by atoms with Gasteiger partial charge >= 0.3 is 0 Å². The zero-order valence-corrected chi connectivity index (χ0v) is 43.4. The van der Waals surface area contributed by atoms with Gasteiger partial charge in [0, 0.05) is 53.4 Å². The summed E-state index contributed by atoms with van der Waals surface area (Å²) < 4.78 is 36.4. The lowest BCUT2D eigenvalue weighted by atomic mass is 9.55. The number of allylic oxidation sites excluding steroid dienone is 2. The molecule has 2 aromatic heterocycles. The fraction of sp³-hybridized carbons (Fsp3) is 0.147. The Hall–Kier alpha value is -7.64. The maximum absolute atomic E-state index is 15.8. The number of anilines is 5. The van der Waals surface area contributed by atoms with E-state index in [1.165, 1.54) is 86.2 Å². The van der Waals surface area contributed by atoms with Crippen LogP contribution in [0.4, 0.5) is 37.2 Å². The summed E-state index contributed by atoms with van der Waals surface area (Å²) in [6.07, 6.45) is 7.90. The predicted octanol–water partition coefficient (Wildman–Crippen LogP) is 19.5. The normalized spacial score (nSPS) is 15.9. The van der Waals surface area contributed by atoms with Gasteiger partial charge in [-0.3, -0.25) is 0 Å². The van der Waals surface area contributed by atoms with Gasteiger partial charge in [0.15, 0.2) is 0 Å². The fourth-order valence-corrected chi connectivity index (χ4v) is 16.0. The van der Waals surface area contributed by atoms with Crippen molar-refractivity contribution in [1.82, 2.24) is 0 Å². The summed E-state index contributed by atoms with van der Waals surface area (Å²) in [5.41, 5.74) is 16.1. The summed E-state index contributed by atoms with van der Waals surface area (Å²) in [6, 6.07) is 65.3. The van der Waals surface area contributed by atoms with E-state index in [0.717, 1.165) is 57.1 Å². The van der Waals surface area contributed by atoms with E-state index in [9.17, 15) is 0 Å². The molecule has 11 aromatic rings. The largest absolute Gasteiger partial charge is 0.333 e. The van der Waals surface area contributed by atoms with E-state index in [-0.39, 0.29) is 23.1 Å². The maximum atomic E-state index is 15.8. The number of benzene rings is 9. The molecule has 6 heteroatoms. The predicted molar refractivity (Wildman–Crippen MR) is 310 cm³/mol. The first-order valence-corrected chi connectivity index (χ1v) is 27.6. The van der Waals surface area contributed by atoms with Crippen LogP contribution in [0.5, 0.6) is 0 Å². The number of thiophene rings is 2. The van der Waals surface area contributed by atoms with E-state index in [1.807, 2.05) is 40.9 Å². The molecule has 0 N–H and O–H groups in total. The second-order valence-corrected chi connectivity index (χ2v) is 22.7. The first kappa shape index (κ1) is 45.0. The van der Waals surface area contributed by atoms with Gasteiger partial charge in [-0.2, -0.15) is 0 Å². The lowest BCUT2D eigenvalue weighted by Gasteiger charge is -2.47. The molecule has 2 heterocycles. The van der Waals surface area contributed by atoms with E-state index < -0.39 is 5.41 Å². The van der Waals surface area contributed by atoms with Gasteiger partial charge in [-0.1, -0.05) is 161 Å². The zero-order chi connectivity index (χ0) is 50.0. The van der Waals surface area contributed by atoms with Gasteiger partial charge in [-0.05, 0) is 142 Å². The highest BCUT2D eigenvalue weighted by Gasteiger charge is 2.54. The molecule has 3 aliphatic carbocycles. The van der Waals surface area contributed by atoms with Crippen molar-refractivity contribution in [3.05, 3.63) is 256 Å². The van der Waals surface area contributed by atoms with Crippen LogP contribution in [0.3, 0.4) is 0 Å². The third-order valence-electron chi connectivity index (χ3n) is 16.5. The molecule has 0 bridgehead atoms. The number of nitrogens with zero attached hydrogens (tertiary/aromatic N) is 2. The molecule has 0 saturated carbocycles. The molecule has 1 atom stereocenters. The van der Waals surface area contributed by atoms with Gasteiger partial charge in [0.1, 0.15) is 11.6 Å². The highest BCUT2D eigenvalue weighted by atomic mass is 32.1. The Kier molecular flexibility index (Phi) is 10.3. The van der Waals surface area contributed by atoms with Crippen LogP contribution in [0.2, 0.25) is 0 Å². The summed E-state index contributed by atoms with van der Waals surface area (Å²) in [6.45, 7) is 9.16. The molecule has 0 fully saturated rings. The Morgan fingerprint density at radius 2 is 0.986 bits per heavy atom. The van der Waals surface area contributed by atoms with Crippen LogP contribution < -0.4 is 9.80 Å². The molecule has 2 nitrogen and oxygen atoms in total. The SMILES string of the molecule is CCc1cccc2c1sc1c(N(c3cccc(F)c3)c3ccc4c(c3)C3(c5cc(N(c6cccc7c6sc6c(CC)cccc67)C6C=C(F)C=CC6)ccc5-4)c4ccccc4C(C)(C)c4ccccc43)cccc12. The Bertz CT molecular complexity index is 4140. The fourth-order valence-electron chi connectivity index (χ4n) is 13.2. The molecule has 3 aliphatic rings. The molecule has 1 spiro atoms. The summed E-state index contributed by atoms with van der Waals surface area (Å²) in [5.74, 6) is -0.512. The molecule has 9 aromatic carbocycles. The van der Waals surface area contributed by atoms with Crippen molar-refractivity contribution in [3.8, 4) is 11.1 Å². The first-order chi connectivity index (χ1) is 36.2. The minimum absolute atomic E-state index is 0.224. The Labute approximate surface area is 438 Å². The van der Waals surface area contributed by atoms with Crippen LogP contribution in [0, 0.1) is 5.82 Å². The Morgan fingerprint density at radius 1 is 0.486 bits per heavy atom. The number of rotatable bonds is 8. The van der Waals surface area contributed by atoms with Crippen LogP contribution in [-0.2, 0) is 23.7 Å². The summed E-state index contributed by atoms with van der Waals surface area (Å²) >= 11 is 3.67. The molecule has 0 aliphatic heterocycles. The van der Waals surface area contributed by atoms with Gasteiger partial charge < -0.3 is 9.80 Å². The van der Waals surface area contributed by atoms with Gasteiger partial charge in [-0.15, -0.1) is 22.7 Å². The third-order valence-corrected chi connectivity index (χ3v) is 19.1.